The maximum absolute atomic E-state index is 11.8. The van der Waals surface area contributed by atoms with E-state index in [-0.39, 0.29) is 6.09 Å². The van der Waals surface area contributed by atoms with E-state index in [9.17, 15) is 4.79 Å². The van der Waals surface area contributed by atoms with Gasteiger partial charge in [0, 0.05) is 64.1 Å². The fraction of sp³-hybridized carbons (Fsp3) is 0.722. The van der Waals surface area contributed by atoms with Crippen molar-refractivity contribution in [1.29, 1.82) is 0 Å². The van der Waals surface area contributed by atoms with E-state index in [2.05, 4.69) is 25.1 Å². The first-order chi connectivity index (χ1) is 13.2. The highest BCUT2D eigenvalue weighted by Gasteiger charge is 2.23. The van der Waals surface area contributed by atoms with Crippen molar-refractivity contribution in [3.8, 4) is 0 Å². The van der Waals surface area contributed by atoms with E-state index in [0.29, 0.717) is 38.7 Å². The zero-order valence-electron chi connectivity index (χ0n) is 16.3. The zero-order chi connectivity index (χ0) is 19.1. The highest BCUT2D eigenvalue weighted by molar-refractivity contribution is 5.68. The maximum Gasteiger partial charge on any atom is 0.409 e. The van der Waals surface area contributed by atoms with Crippen molar-refractivity contribution in [3.63, 3.8) is 0 Å². The van der Waals surface area contributed by atoms with Gasteiger partial charge in [0.25, 0.3) is 0 Å². The van der Waals surface area contributed by atoms with Gasteiger partial charge in [-0.15, -0.1) is 0 Å². The van der Waals surface area contributed by atoms with E-state index in [4.69, 9.17) is 9.47 Å². The quantitative estimate of drug-likeness (QED) is 0.779. The first kappa shape index (κ1) is 19.6. The standard InChI is InChI=1S/C18H30N6O3/c1-3-27-18(25)24-8-6-23(7-9-24)17-20-15(2)14-16(21-17)19-4-5-22-10-12-26-13-11-22/h14H,3-13H2,1-2H3,(H,19,20,21). The van der Waals surface area contributed by atoms with E-state index < -0.39 is 0 Å². The lowest BCUT2D eigenvalue weighted by atomic mass is 10.3. The molecule has 0 aliphatic carbocycles. The van der Waals surface area contributed by atoms with Crippen LogP contribution >= 0.6 is 0 Å². The number of piperazine rings is 1. The van der Waals surface area contributed by atoms with Crippen LogP contribution in [0.4, 0.5) is 16.6 Å². The predicted molar refractivity (Wildman–Crippen MR) is 103 cm³/mol. The fourth-order valence-corrected chi connectivity index (χ4v) is 3.26. The number of hydrogen-bond acceptors (Lipinski definition) is 8. The number of rotatable bonds is 6. The molecular formula is C18H30N6O3. The Labute approximate surface area is 160 Å². The van der Waals surface area contributed by atoms with Gasteiger partial charge in [0.2, 0.25) is 5.95 Å². The van der Waals surface area contributed by atoms with Gasteiger partial charge in [0.05, 0.1) is 19.8 Å². The minimum absolute atomic E-state index is 0.243. The van der Waals surface area contributed by atoms with E-state index in [1.165, 1.54) is 0 Å². The first-order valence-corrected chi connectivity index (χ1v) is 9.72. The van der Waals surface area contributed by atoms with Gasteiger partial charge in [-0.3, -0.25) is 4.90 Å². The molecule has 0 atom stereocenters. The first-order valence-electron chi connectivity index (χ1n) is 9.72. The summed E-state index contributed by atoms with van der Waals surface area (Å²) in [5, 5.41) is 3.41. The summed E-state index contributed by atoms with van der Waals surface area (Å²) in [6, 6.07) is 1.97. The molecule has 27 heavy (non-hydrogen) atoms. The largest absolute Gasteiger partial charge is 0.450 e. The number of aryl methyl sites for hydroxylation is 1. The summed E-state index contributed by atoms with van der Waals surface area (Å²) in [5.74, 6) is 1.56. The third-order valence-electron chi connectivity index (χ3n) is 4.77. The molecule has 0 saturated carbocycles. The van der Waals surface area contributed by atoms with E-state index in [1.54, 1.807) is 4.90 Å². The maximum atomic E-state index is 11.8. The van der Waals surface area contributed by atoms with Gasteiger partial charge in [0.1, 0.15) is 5.82 Å². The van der Waals surface area contributed by atoms with Crippen molar-refractivity contribution in [1.82, 2.24) is 19.8 Å². The van der Waals surface area contributed by atoms with Crippen LogP contribution in [0.25, 0.3) is 0 Å². The summed E-state index contributed by atoms with van der Waals surface area (Å²) in [6.07, 6.45) is -0.243. The number of carbonyl (C=O) groups excluding carboxylic acids is 1. The van der Waals surface area contributed by atoms with Crippen molar-refractivity contribution >= 4 is 17.9 Å². The topological polar surface area (TPSA) is 83.1 Å². The van der Waals surface area contributed by atoms with Gasteiger partial charge in [-0.1, -0.05) is 0 Å². The number of hydrogen-bond donors (Lipinski definition) is 1. The number of nitrogens with zero attached hydrogens (tertiary/aromatic N) is 5. The Morgan fingerprint density at radius 3 is 2.63 bits per heavy atom. The fourth-order valence-electron chi connectivity index (χ4n) is 3.26. The molecule has 2 saturated heterocycles. The minimum Gasteiger partial charge on any atom is -0.450 e. The molecule has 9 heteroatoms. The Morgan fingerprint density at radius 1 is 1.19 bits per heavy atom. The van der Waals surface area contributed by atoms with Crippen molar-refractivity contribution in [2.24, 2.45) is 0 Å². The van der Waals surface area contributed by atoms with E-state index >= 15 is 0 Å². The lowest BCUT2D eigenvalue weighted by Crippen LogP contribution is -2.49. The monoisotopic (exact) mass is 378 g/mol. The average Bonchev–Trinajstić information content (AvgIpc) is 2.69. The molecule has 0 spiro atoms. The summed E-state index contributed by atoms with van der Waals surface area (Å²) < 4.78 is 10.4. The molecule has 0 radical (unpaired) electrons. The minimum atomic E-state index is -0.243. The number of anilines is 2. The molecular weight excluding hydrogens is 348 g/mol. The Balaban J connectivity index is 1.51. The third-order valence-corrected chi connectivity index (χ3v) is 4.77. The van der Waals surface area contributed by atoms with Crippen LogP contribution in [0.1, 0.15) is 12.6 Å². The molecule has 3 rings (SSSR count). The Kier molecular flexibility index (Phi) is 7.05. The van der Waals surface area contributed by atoms with Gasteiger partial charge < -0.3 is 24.6 Å². The van der Waals surface area contributed by atoms with E-state index in [0.717, 1.165) is 50.9 Å². The van der Waals surface area contributed by atoms with Crippen molar-refractivity contribution < 1.29 is 14.3 Å². The zero-order valence-corrected chi connectivity index (χ0v) is 16.3. The SMILES string of the molecule is CCOC(=O)N1CCN(c2nc(C)cc(NCCN3CCOCC3)n2)CC1. The lowest BCUT2D eigenvalue weighted by Gasteiger charge is -2.34. The third kappa shape index (κ3) is 5.67. The van der Waals surface area contributed by atoms with Crippen LogP contribution in [0.5, 0.6) is 0 Å². The molecule has 2 fully saturated rings. The molecule has 1 N–H and O–H groups in total. The van der Waals surface area contributed by atoms with Crippen LogP contribution in [0.2, 0.25) is 0 Å². The predicted octanol–water partition coefficient (Wildman–Crippen LogP) is 0.808. The molecule has 1 amide bonds. The summed E-state index contributed by atoms with van der Waals surface area (Å²) in [4.78, 5) is 27.3. The Morgan fingerprint density at radius 2 is 1.93 bits per heavy atom. The van der Waals surface area contributed by atoms with Gasteiger partial charge in [-0.2, -0.15) is 4.98 Å². The van der Waals surface area contributed by atoms with E-state index in [1.807, 2.05) is 19.9 Å². The number of carbonyl (C=O) groups is 1. The molecule has 2 aliphatic rings. The summed E-state index contributed by atoms with van der Waals surface area (Å²) in [5.41, 5.74) is 0.932. The Bertz CT molecular complexity index is 615. The lowest BCUT2D eigenvalue weighted by molar-refractivity contribution is 0.0398. The highest BCUT2D eigenvalue weighted by Crippen LogP contribution is 2.16. The van der Waals surface area contributed by atoms with Crippen LogP contribution in [0.3, 0.4) is 0 Å². The van der Waals surface area contributed by atoms with Crippen LogP contribution in [-0.4, -0.2) is 98.0 Å². The van der Waals surface area contributed by atoms with Crippen molar-refractivity contribution in [2.75, 3.05) is 82.4 Å². The number of nitrogens with one attached hydrogen (secondary N) is 1. The number of ether oxygens (including phenoxy) is 2. The Hall–Kier alpha value is -2.13. The average molecular weight is 378 g/mol. The molecule has 2 aliphatic heterocycles. The van der Waals surface area contributed by atoms with Crippen LogP contribution in [0.15, 0.2) is 6.07 Å². The van der Waals surface area contributed by atoms with Crippen LogP contribution < -0.4 is 10.2 Å². The van der Waals surface area contributed by atoms with Crippen LogP contribution in [-0.2, 0) is 9.47 Å². The second kappa shape index (κ2) is 9.70. The molecule has 9 nitrogen and oxygen atoms in total. The summed E-state index contributed by atoms with van der Waals surface area (Å²) in [6.45, 7) is 12.3. The smallest absolute Gasteiger partial charge is 0.409 e. The van der Waals surface area contributed by atoms with Crippen LogP contribution in [0, 0.1) is 6.92 Å². The van der Waals surface area contributed by atoms with Gasteiger partial charge >= 0.3 is 6.09 Å². The molecule has 1 aromatic heterocycles. The molecule has 1 aromatic rings. The summed E-state index contributed by atoms with van der Waals surface area (Å²) in [7, 11) is 0. The highest BCUT2D eigenvalue weighted by atomic mass is 16.6. The molecule has 0 aromatic carbocycles. The normalized spacial score (nSPS) is 18.4. The van der Waals surface area contributed by atoms with Crippen molar-refractivity contribution in [3.05, 3.63) is 11.8 Å². The molecule has 150 valence electrons. The molecule has 3 heterocycles. The van der Waals surface area contributed by atoms with Gasteiger partial charge in [-0.05, 0) is 13.8 Å². The van der Waals surface area contributed by atoms with Crippen molar-refractivity contribution in [2.45, 2.75) is 13.8 Å². The van der Waals surface area contributed by atoms with Gasteiger partial charge in [0.15, 0.2) is 0 Å². The number of amides is 1. The number of aromatic nitrogens is 2. The molecule has 0 unspecified atom stereocenters. The second-order valence-electron chi connectivity index (χ2n) is 6.75. The second-order valence-corrected chi connectivity index (χ2v) is 6.75. The number of morpholine rings is 1. The molecule has 0 bridgehead atoms. The summed E-state index contributed by atoms with van der Waals surface area (Å²) >= 11 is 0. The van der Waals surface area contributed by atoms with Gasteiger partial charge in [-0.25, -0.2) is 9.78 Å².